The van der Waals surface area contributed by atoms with Crippen LogP contribution in [0.25, 0.3) is 0 Å². The topological polar surface area (TPSA) is 86.8 Å². The van der Waals surface area contributed by atoms with Crippen LogP contribution in [0.2, 0.25) is 0 Å². The molecule has 2 amide bonds. The fourth-order valence-corrected chi connectivity index (χ4v) is 4.79. The van der Waals surface area contributed by atoms with E-state index in [0.717, 1.165) is 33.8 Å². The number of halogens is 2. The number of benzene rings is 2. The lowest BCUT2D eigenvalue weighted by Gasteiger charge is -2.31. The fraction of sp³-hybridized carbons (Fsp3) is 0.462. The zero-order chi connectivity index (χ0) is 27.0. The van der Waals surface area contributed by atoms with Gasteiger partial charge in [0.05, 0.1) is 11.9 Å². The lowest BCUT2D eigenvalue weighted by molar-refractivity contribution is -0.141. The van der Waals surface area contributed by atoms with Gasteiger partial charge in [0, 0.05) is 31.6 Å². The zero-order valence-corrected chi connectivity index (χ0v) is 22.2. The standard InChI is InChI=1S/C26H35F2N3O4S/c1-6-24(26(33)29-18(2)3)30(17-20-11-9-19(4)10-12-20)25(32)8-7-15-31(36(5,34)35)21-13-14-22(27)23(28)16-21/h9-14,16,18,24H,6-8,15,17H2,1-5H3,(H,29,33). The Labute approximate surface area is 212 Å². The van der Waals surface area contributed by atoms with Crippen LogP contribution in [0.5, 0.6) is 0 Å². The van der Waals surface area contributed by atoms with Crippen LogP contribution in [0.4, 0.5) is 14.5 Å². The Morgan fingerprint density at radius 3 is 2.19 bits per heavy atom. The fourth-order valence-electron chi connectivity index (χ4n) is 3.83. The second-order valence-corrected chi connectivity index (χ2v) is 11.0. The van der Waals surface area contributed by atoms with Gasteiger partial charge in [-0.2, -0.15) is 0 Å². The molecule has 1 N–H and O–H groups in total. The maximum absolute atomic E-state index is 13.7. The van der Waals surface area contributed by atoms with Crippen molar-refractivity contribution in [2.45, 2.75) is 65.6 Å². The van der Waals surface area contributed by atoms with Crippen LogP contribution in [-0.4, -0.2) is 50.0 Å². The number of aryl methyl sites for hydroxylation is 1. The van der Waals surface area contributed by atoms with E-state index in [9.17, 15) is 26.8 Å². The first kappa shape index (κ1) is 29.2. The van der Waals surface area contributed by atoms with E-state index >= 15 is 0 Å². The molecule has 0 heterocycles. The summed E-state index contributed by atoms with van der Waals surface area (Å²) in [5.74, 6) is -2.81. The summed E-state index contributed by atoms with van der Waals surface area (Å²) >= 11 is 0. The number of carbonyl (C=O) groups excluding carboxylic acids is 2. The van der Waals surface area contributed by atoms with E-state index in [-0.39, 0.29) is 49.5 Å². The summed E-state index contributed by atoms with van der Waals surface area (Å²) in [4.78, 5) is 27.7. The minimum absolute atomic E-state index is 0.0249. The zero-order valence-electron chi connectivity index (χ0n) is 21.4. The Hall–Kier alpha value is -3.01. The highest BCUT2D eigenvalue weighted by Gasteiger charge is 2.29. The van der Waals surface area contributed by atoms with Gasteiger partial charge in [-0.05, 0) is 51.3 Å². The minimum Gasteiger partial charge on any atom is -0.352 e. The van der Waals surface area contributed by atoms with Gasteiger partial charge in [-0.15, -0.1) is 0 Å². The highest BCUT2D eigenvalue weighted by Crippen LogP contribution is 2.22. The molecule has 2 rings (SSSR count). The summed E-state index contributed by atoms with van der Waals surface area (Å²) in [6.45, 7) is 7.58. The van der Waals surface area contributed by atoms with Crippen LogP contribution in [0.1, 0.15) is 51.2 Å². The number of carbonyl (C=O) groups is 2. The van der Waals surface area contributed by atoms with Crippen LogP contribution in [0.3, 0.4) is 0 Å². The number of rotatable bonds is 12. The molecule has 0 saturated carbocycles. The monoisotopic (exact) mass is 523 g/mol. The van der Waals surface area contributed by atoms with Crippen LogP contribution >= 0.6 is 0 Å². The summed E-state index contributed by atoms with van der Waals surface area (Å²) in [6, 6.07) is 9.71. The summed E-state index contributed by atoms with van der Waals surface area (Å²) < 4.78 is 52.6. The van der Waals surface area contributed by atoms with Crippen molar-refractivity contribution in [2.75, 3.05) is 17.1 Å². The predicted molar refractivity (Wildman–Crippen MR) is 137 cm³/mol. The number of hydrogen-bond acceptors (Lipinski definition) is 4. The molecule has 0 aliphatic heterocycles. The normalized spacial score (nSPS) is 12.3. The van der Waals surface area contributed by atoms with Crippen molar-refractivity contribution in [1.29, 1.82) is 0 Å². The number of nitrogens with one attached hydrogen (secondary N) is 1. The van der Waals surface area contributed by atoms with E-state index in [0.29, 0.717) is 6.42 Å². The molecule has 1 unspecified atom stereocenters. The largest absolute Gasteiger partial charge is 0.352 e. The quantitative estimate of drug-likeness (QED) is 0.453. The van der Waals surface area contributed by atoms with Gasteiger partial charge in [0.2, 0.25) is 21.8 Å². The van der Waals surface area contributed by atoms with E-state index in [1.165, 1.54) is 11.0 Å². The number of nitrogens with zero attached hydrogens (tertiary/aromatic N) is 2. The second-order valence-electron chi connectivity index (χ2n) is 9.13. The molecular weight excluding hydrogens is 488 g/mol. The second kappa shape index (κ2) is 12.8. The maximum Gasteiger partial charge on any atom is 0.243 e. The molecule has 0 bridgehead atoms. The van der Waals surface area contributed by atoms with Gasteiger partial charge in [0.1, 0.15) is 6.04 Å². The summed E-state index contributed by atoms with van der Waals surface area (Å²) in [5.41, 5.74) is 1.91. The lowest BCUT2D eigenvalue weighted by atomic mass is 10.1. The van der Waals surface area contributed by atoms with Gasteiger partial charge in [-0.1, -0.05) is 36.8 Å². The molecule has 0 radical (unpaired) electrons. The number of amides is 2. The average Bonchev–Trinajstić information content (AvgIpc) is 2.78. The number of sulfonamides is 1. The van der Waals surface area contributed by atoms with Crippen molar-refractivity contribution in [3.05, 3.63) is 65.2 Å². The molecule has 36 heavy (non-hydrogen) atoms. The Morgan fingerprint density at radius 1 is 1.03 bits per heavy atom. The molecule has 0 spiro atoms. The predicted octanol–water partition coefficient (Wildman–Crippen LogP) is 4.15. The molecule has 0 aliphatic rings. The third-order valence-electron chi connectivity index (χ3n) is 5.63. The first-order chi connectivity index (χ1) is 16.8. The molecule has 198 valence electrons. The summed E-state index contributed by atoms with van der Waals surface area (Å²) in [6.07, 6.45) is 1.45. The highest BCUT2D eigenvalue weighted by atomic mass is 32.2. The molecule has 2 aromatic rings. The van der Waals surface area contributed by atoms with E-state index in [1.807, 2.05) is 52.0 Å². The van der Waals surface area contributed by atoms with Gasteiger partial charge in [0.25, 0.3) is 0 Å². The van der Waals surface area contributed by atoms with Crippen molar-refractivity contribution in [2.24, 2.45) is 0 Å². The third kappa shape index (κ3) is 8.29. The molecule has 0 aromatic heterocycles. The van der Waals surface area contributed by atoms with Crippen molar-refractivity contribution in [3.8, 4) is 0 Å². The van der Waals surface area contributed by atoms with E-state index in [2.05, 4.69) is 5.32 Å². The van der Waals surface area contributed by atoms with E-state index in [4.69, 9.17) is 0 Å². The molecule has 2 aromatic carbocycles. The van der Waals surface area contributed by atoms with Crippen molar-refractivity contribution >= 4 is 27.5 Å². The Morgan fingerprint density at radius 2 is 1.67 bits per heavy atom. The summed E-state index contributed by atoms with van der Waals surface area (Å²) in [5, 5.41) is 2.86. The molecule has 1 atom stereocenters. The van der Waals surface area contributed by atoms with Gasteiger partial charge >= 0.3 is 0 Å². The van der Waals surface area contributed by atoms with Crippen molar-refractivity contribution in [1.82, 2.24) is 10.2 Å². The van der Waals surface area contributed by atoms with Crippen molar-refractivity contribution < 1.29 is 26.8 Å². The third-order valence-corrected chi connectivity index (χ3v) is 6.83. The van der Waals surface area contributed by atoms with Gasteiger partial charge in [0.15, 0.2) is 11.6 Å². The van der Waals surface area contributed by atoms with Crippen molar-refractivity contribution in [3.63, 3.8) is 0 Å². The Kier molecular flexibility index (Phi) is 10.4. The van der Waals surface area contributed by atoms with E-state index < -0.39 is 27.7 Å². The van der Waals surface area contributed by atoms with Crippen LogP contribution in [0, 0.1) is 18.6 Å². The molecule has 0 saturated heterocycles. The number of anilines is 1. The van der Waals surface area contributed by atoms with Gasteiger partial charge in [-0.25, -0.2) is 17.2 Å². The first-order valence-corrected chi connectivity index (χ1v) is 13.8. The smallest absolute Gasteiger partial charge is 0.243 e. The molecule has 0 aliphatic carbocycles. The van der Waals surface area contributed by atoms with Crippen LogP contribution in [0.15, 0.2) is 42.5 Å². The minimum atomic E-state index is -3.81. The van der Waals surface area contributed by atoms with E-state index in [1.54, 1.807) is 0 Å². The SMILES string of the molecule is CCC(C(=O)NC(C)C)N(Cc1ccc(C)cc1)C(=O)CCCN(c1ccc(F)c(F)c1)S(C)(=O)=O. The summed E-state index contributed by atoms with van der Waals surface area (Å²) in [7, 11) is -3.81. The molecule has 10 heteroatoms. The average molecular weight is 524 g/mol. The van der Waals surface area contributed by atoms with Gasteiger partial charge in [-0.3, -0.25) is 13.9 Å². The van der Waals surface area contributed by atoms with Crippen LogP contribution in [-0.2, 0) is 26.2 Å². The molecular formula is C26H35F2N3O4S. The van der Waals surface area contributed by atoms with Crippen LogP contribution < -0.4 is 9.62 Å². The lowest BCUT2D eigenvalue weighted by Crippen LogP contribution is -2.50. The molecule has 0 fully saturated rings. The first-order valence-electron chi connectivity index (χ1n) is 11.9. The number of hydrogen-bond donors (Lipinski definition) is 1. The maximum atomic E-state index is 13.7. The highest BCUT2D eigenvalue weighted by molar-refractivity contribution is 7.92. The van der Waals surface area contributed by atoms with Gasteiger partial charge < -0.3 is 10.2 Å². The molecule has 7 nitrogen and oxygen atoms in total. The Balaban J connectivity index is 2.22. The Bertz CT molecular complexity index is 1150.